The zero-order valence-electron chi connectivity index (χ0n) is 42.4. The third-order valence-electron chi connectivity index (χ3n) is 19.7. The average molecular weight is 1080 g/mol. The molecule has 0 amide bonds. The second-order valence-corrected chi connectivity index (χ2v) is 23.9. The highest BCUT2D eigenvalue weighted by Gasteiger charge is 2.73. The largest absolute Gasteiger partial charge is 0.394 e. The Bertz CT molecular complexity index is 2030. The lowest BCUT2D eigenvalue weighted by Gasteiger charge is -2.61. The van der Waals surface area contributed by atoms with E-state index in [1.54, 1.807) is 0 Å². The van der Waals surface area contributed by atoms with Gasteiger partial charge in [-0.05, 0) is 60.7 Å². The molecule has 13 N–H and O–H groups in total. The number of ketones is 2. The van der Waals surface area contributed by atoms with Gasteiger partial charge in [-0.15, -0.1) is 0 Å². The molecule has 4 aliphatic carbocycles. The van der Waals surface area contributed by atoms with Crippen molar-refractivity contribution in [1.82, 2.24) is 0 Å². The molecule has 6 saturated heterocycles. The van der Waals surface area contributed by atoms with Gasteiger partial charge in [-0.25, -0.2) is 0 Å². The van der Waals surface area contributed by atoms with Crippen LogP contribution in [0.5, 0.6) is 0 Å². The molecule has 25 nitrogen and oxygen atoms in total. The Morgan fingerprint density at radius 3 is 1.88 bits per heavy atom. The molecule has 10 aliphatic rings. The molecule has 6 aliphatic heterocycles. The van der Waals surface area contributed by atoms with E-state index in [1.165, 1.54) is 0 Å². The lowest BCUT2D eigenvalue weighted by Crippen LogP contribution is -2.68. The highest BCUT2D eigenvalue weighted by molar-refractivity contribution is 5.88. The first-order valence-electron chi connectivity index (χ1n) is 26.7. The van der Waals surface area contributed by atoms with Gasteiger partial charge < -0.3 is 114 Å². The summed E-state index contributed by atoms with van der Waals surface area (Å²) < 4.78 is 60.3. The minimum atomic E-state index is -2.06. The van der Waals surface area contributed by atoms with Gasteiger partial charge in [-0.2, -0.15) is 0 Å². The molecular weight excluding hydrogens is 1000 g/mol. The van der Waals surface area contributed by atoms with E-state index in [4.69, 9.17) is 47.4 Å². The van der Waals surface area contributed by atoms with E-state index in [2.05, 4.69) is 20.8 Å². The van der Waals surface area contributed by atoms with Gasteiger partial charge >= 0.3 is 0 Å². The molecule has 10 rings (SSSR count). The number of rotatable bonds is 11. The summed E-state index contributed by atoms with van der Waals surface area (Å²) in [4.78, 5) is 29.1. The first-order valence-corrected chi connectivity index (χ1v) is 26.7. The molecule has 0 aromatic carbocycles. The van der Waals surface area contributed by atoms with Crippen molar-refractivity contribution < 1.29 is 123 Å². The van der Waals surface area contributed by atoms with Crippen LogP contribution in [-0.2, 0) is 57.0 Å². The van der Waals surface area contributed by atoms with Crippen LogP contribution in [0.3, 0.4) is 0 Å². The van der Waals surface area contributed by atoms with E-state index in [9.17, 15) is 76.0 Å². The maximum absolute atomic E-state index is 14.7. The highest BCUT2D eigenvalue weighted by Crippen LogP contribution is 2.70. The van der Waals surface area contributed by atoms with Gasteiger partial charge in [0.05, 0.1) is 45.2 Å². The SMILES string of the molecule is C[C@@H]1CC[C@@]2(OC1)O[C@H]1C[C@H]3[C@@H]4C[C@@H](O)[C@H]5C[C@@H](O[C@@H]6O[C@H](CO)[C@H](O[C@@H]7O[C@H](CO)[C@@H](O)[C@H](O[C@@H]8OC[C@@H](O)[C@H](O)[C@H]8O)[C@H]7O[C@@H]7O[C@H](CO)[C@@H](O)[C@H](O)[C@H]7O)[C@H](O)[C@H]6O)C(=O)C[C@]5(C)[C@H]4CC(=O)[C@]3(C)[C@H]1[C@@H]2C. The van der Waals surface area contributed by atoms with E-state index in [0.29, 0.717) is 25.4 Å². The average Bonchev–Trinajstić information content (AvgIpc) is 3.92. The molecule has 6 heterocycles. The van der Waals surface area contributed by atoms with Crippen molar-refractivity contribution in [3.63, 3.8) is 0 Å². The van der Waals surface area contributed by atoms with E-state index in [0.717, 1.165) is 12.8 Å². The van der Waals surface area contributed by atoms with E-state index in [1.807, 2.05) is 6.92 Å². The predicted octanol–water partition coefficient (Wildman–Crippen LogP) is -4.94. The van der Waals surface area contributed by atoms with Crippen LogP contribution in [0.25, 0.3) is 0 Å². The number of aliphatic hydroxyl groups is 13. The molecular formula is C50H78O25. The van der Waals surface area contributed by atoms with Crippen molar-refractivity contribution >= 4 is 11.6 Å². The lowest BCUT2D eigenvalue weighted by atomic mass is 9.43. The Balaban J connectivity index is 0.843. The number of hydrogen-bond acceptors (Lipinski definition) is 25. The van der Waals surface area contributed by atoms with Gasteiger partial charge in [0.25, 0.3) is 0 Å². The van der Waals surface area contributed by atoms with Crippen LogP contribution in [0.1, 0.15) is 72.6 Å². The van der Waals surface area contributed by atoms with E-state index >= 15 is 0 Å². The Morgan fingerprint density at radius 1 is 0.587 bits per heavy atom. The molecule has 0 aromatic rings. The normalized spacial score (nSPS) is 57.1. The molecule has 25 heteroatoms. The fourth-order valence-electron chi connectivity index (χ4n) is 15.4. The second-order valence-electron chi connectivity index (χ2n) is 23.9. The third kappa shape index (κ3) is 9.40. The summed E-state index contributed by atoms with van der Waals surface area (Å²) in [5.41, 5.74) is -1.50. The fourth-order valence-corrected chi connectivity index (χ4v) is 15.4. The lowest BCUT2D eigenvalue weighted by molar-refractivity contribution is -0.403. The number of hydrogen-bond donors (Lipinski definition) is 13. The van der Waals surface area contributed by atoms with Gasteiger partial charge in [0.2, 0.25) is 0 Å². The smallest absolute Gasteiger partial charge is 0.187 e. The fraction of sp³-hybridized carbons (Fsp3) is 0.960. The topological polar surface area (TPSA) is 389 Å². The van der Waals surface area contributed by atoms with Crippen LogP contribution in [-0.4, -0.2) is 252 Å². The van der Waals surface area contributed by atoms with Crippen molar-refractivity contribution in [3.8, 4) is 0 Å². The first kappa shape index (κ1) is 56.7. The van der Waals surface area contributed by atoms with Crippen LogP contribution in [0.2, 0.25) is 0 Å². The number of fused-ring (bicyclic) bond motifs is 7. The molecule has 0 unspecified atom stereocenters. The van der Waals surface area contributed by atoms with Gasteiger partial charge in [0, 0.05) is 36.5 Å². The minimum absolute atomic E-state index is 0.0120. The molecule has 1 spiro atoms. The van der Waals surface area contributed by atoms with Gasteiger partial charge in [0.1, 0.15) is 103 Å². The van der Waals surface area contributed by atoms with Crippen LogP contribution < -0.4 is 0 Å². The van der Waals surface area contributed by atoms with Crippen LogP contribution in [0, 0.1) is 52.3 Å². The van der Waals surface area contributed by atoms with E-state index < -0.39 is 178 Å². The quantitative estimate of drug-likeness (QED) is 0.0862. The minimum Gasteiger partial charge on any atom is -0.394 e. The summed E-state index contributed by atoms with van der Waals surface area (Å²) in [6, 6.07) is 0. The molecule has 0 aromatic heterocycles. The van der Waals surface area contributed by atoms with Crippen LogP contribution >= 0.6 is 0 Å². The summed E-state index contributed by atoms with van der Waals surface area (Å²) in [6.07, 6.45) is -34.4. The second kappa shape index (κ2) is 21.4. The Hall–Kier alpha value is -1.58. The number of aliphatic hydroxyl groups excluding tert-OH is 13. The zero-order chi connectivity index (χ0) is 54.0. The van der Waals surface area contributed by atoms with Crippen molar-refractivity contribution in [2.45, 2.75) is 213 Å². The number of Topliss-reactive ketones (excluding diaryl/α,β-unsaturated/α-hetero) is 2. The number of ether oxygens (including phenoxy) is 10. The Morgan fingerprint density at radius 2 is 1.20 bits per heavy atom. The van der Waals surface area contributed by atoms with Crippen LogP contribution in [0.15, 0.2) is 0 Å². The summed E-state index contributed by atoms with van der Waals surface area (Å²) in [5, 5.41) is 141. The Labute approximate surface area is 432 Å². The number of carbonyl (C=O) groups is 2. The van der Waals surface area contributed by atoms with Gasteiger partial charge in [0.15, 0.2) is 36.7 Å². The molecule has 4 saturated carbocycles. The molecule has 428 valence electrons. The van der Waals surface area contributed by atoms with Gasteiger partial charge in [-0.1, -0.05) is 27.7 Å². The predicted molar refractivity (Wildman–Crippen MR) is 244 cm³/mol. The standard InChI is InChI=1S/C50H78O25/c1-17-5-6-50(67-15-17)18(2)32-27(75-50)8-21-19-7-23(54)22-9-26(24(55)11-48(22,3)20(19)10-31(57)49(21,32)4)68-45-40(65)37(62)41(30(14-53)71-45)72-47-43(74-46-39(64)36(61)34(59)28(12-51)69-46)42(35(60)29(13-52)70-47)73-44-38(63)33(58)25(56)16-66-44/h17-23,25-30,32-47,51-54,56,58-65H,5-16H2,1-4H3/t17-,18+,19-,20+,21+,22-,23-,25-,26-,27+,28-,29-,30-,32+,33+,34-,35-,36+,37-,38-,39-,40-,41+,42+,43-,44+,45-,46+,47+,48-,49-,50-/m1/s1. The molecule has 0 radical (unpaired) electrons. The maximum atomic E-state index is 14.7. The van der Waals surface area contributed by atoms with Crippen molar-refractivity contribution in [3.05, 3.63) is 0 Å². The molecule has 0 bridgehead atoms. The van der Waals surface area contributed by atoms with Crippen molar-refractivity contribution in [1.29, 1.82) is 0 Å². The monoisotopic (exact) mass is 1080 g/mol. The summed E-state index contributed by atoms with van der Waals surface area (Å²) in [5.74, 6) is -1.50. The summed E-state index contributed by atoms with van der Waals surface area (Å²) >= 11 is 0. The van der Waals surface area contributed by atoms with Crippen molar-refractivity contribution in [2.24, 2.45) is 52.3 Å². The summed E-state index contributed by atoms with van der Waals surface area (Å²) in [7, 11) is 0. The molecule has 32 atom stereocenters. The maximum Gasteiger partial charge on any atom is 0.187 e. The molecule has 10 fully saturated rings. The summed E-state index contributed by atoms with van der Waals surface area (Å²) in [6.45, 7) is 5.62. The zero-order valence-corrected chi connectivity index (χ0v) is 42.4. The number of carbonyl (C=O) groups excluding carboxylic acids is 2. The van der Waals surface area contributed by atoms with Gasteiger partial charge in [-0.3, -0.25) is 9.59 Å². The van der Waals surface area contributed by atoms with E-state index in [-0.39, 0.29) is 66.5 Å². The van der Waals surface area contributed by atoms with Crippen LogP contribution in [0.4, 0.5) is 0 Å². The Kier molecular flexibility index (Phi) is 16.2. The van der Waals surface area contributed by atoms with Crippen molar-refractivity contribution in [2.75, 3.05) is 33.0 Å². The molecule has 75 heavy (non-hydrogen) atoms. The third-order valence-corrected chi connectivity index (χ3v) is 19.7. The highest BCUT2D eigenvalue weighted by atomic mass is 16.8. The first-order chi connectivity index (χ1) is 35.5.